The molecule has 7 heteroatoms. The molecule has 0 fully saturated rings. The number of carbonyl (C=O) groups is 1. The third-order valence-electron chi connectivity index (χ3n) is 2.45. The van der Waals surface area contributed by atoms with Crippen LogP contribution < -0.4 is 10.0 Å². The first kappa shape index (κ1) is 14.2. The summed E-state index contributed by atoms with van der Waals surface area (Å²) in [5.74, 6) is -0.539. The third-order valence-corrected chi connectivity index (χ3v) is 3.56. The van der Waals surface area contributed by atoms with Crippen LogP contribution in [0.1, 0.15) is 0 Å². The molecule has 0 bridgehead atoms. The van der Waals surface area contributed by atoms with Gasteiger partial charge >= 0.3 is 0 Å². The molecule has 0 saturated carbocycles. The van der Waals surface area contributed by atoms with Crippen LogP contribution in [0.25, 0.3) is 0 Å². The summed E-state index contributed by atoms with van der Waals surface area (Å²) in [6.07, 6.45) is 0.493. The molecule has 1 atom stereocenters. The topological polar surface area (TPSA) is 84.4 Å². The molecular weight excluding hydrogens is 283 g/mol. The van der Waals surface area contributed by atoms with Crippen LogP contribution in [0.3, 0.4) is 0 Å². The highest BCUT2D eigenvalue weighted by Crippen LogP contribution is 2.28. The number of nitrogens with one attached hydrogen (secondary N) is 2. The van der Waals surface area contributed by atoms with E-state index >= 15 is 0 Å². The first-order chi connectivity index (χ1) is 9.60. The van der Waals surface area contributed by atoms with Gasteiger partial charge in [0.05, 0.1) is 0 Å². The Morgan fingerprint density at radius 1 is 1.20 bits per heavy atom. The van der Waals surface area contributed by atoms with E-state index in [2.05, 4.69) is 10.0 Å². The van der Waals surface area contributed by atoms with E-state index in [0.717, 1.165) is 0 Å². The van der Waals surface area contributed by atoms with Crippen molar-refractivity contribution < 1.29 is 18.8 Å². The van der Waals surface area contributed by atoms with E-state index in [0.29, 0.717) is 17.0 Å². The maximum Gasteiger partial charge on any atom is 0.211 e. The fourth-order valence-corrected chi connectivity index (χ4v) is 2.36. The minimum absolute atomic E-state index is 0.114. The van der Waals surface area contributed by atoms with Crippen LogP contribution in [0.4, 0.5) is 15.8 Å². The van der Waals surface area contributed by atoms with E-state index < -0.39 is 17.2 Å². The molecule has 20 heavy (non-hydrogen) atoms. The number of hydrogen-bond acceptors (Lipinski definition) is 4. The molecule has 0 aliphatic heterocycles. The standard InChI is InChI=1S/C13H11FN2O3S/c14-9-1-4-11(5-2-9)20(19)16-12-7-10(15-8-17)3-6-13(12)18/h1-8,16,18H,(H,15,17). The zero-order valence-electron chi connectivity index (χ0n) is 10.2. The fourth-order valence-electron chi connectivity index (χ4n) is 1.49. The Kier molecular flexibility index (Phi) is 4.44. The second kappa shape index (κ2) is 6.27. The highest BCUT2D eigenvalue weighted by atomic mass is 32.2. The largest absolute Gasteiger partial charge is 0.588 e. The minimum atomic E-state index is -1.66. The van der Waals surface area contributed by atoms with Gasteiger partial charge in [0, 0.05) is 5.69 Å². The molecular formula is C13H11FN2O3S. The van der Waals surface area contributed by atoms with Gasteiger partial charge in [0.25, 0.3) is 0 Å². The second-order valence-corrected chi connectivity index (χ2v) is 5.03. The number of phenolic OH excluding ortho intramolecular Hbond substituents is 1. The van der Waals surface area contributed by atoms with Gasteiger partial charge in [-0.1, -0.05) is 0 Å². The van der Waals surface area contributed by atoms with Crippen LogP contribution >= 0.6 is 0 Å². The monoisotopic (exact) mass is 294 g/mol. The summed E-state index contributed by atoms with van der Waals surface area (Å²) < 4.78 is 27.4. The van der Waals surface area contributed by atoms with Gasteiger partial charge in [-0.25, -0.2) is 4.39 Å². The van der Waals surface area contributed by atoms with Crippen molar-refractivity contribution >= 4 is 29.1 Å². The number of phenols is 1. The zero-order valence-corrected chi connectivity index (χ0v) is 11.0. The van der Waals surface area contributed by atoms with Crippen molar-refractivity contribution in [3.8, 4) is 5.75 Å². The van der Waals surface area contributed by atoms with Crippen molar-refractivity contribution in [2.45, 2.75) is 4.90 Å². The predicted octanol–water partition coefficient (Wildman–Crippen LogP) is 2.23. The molecule has 1 amide bonds. The van der Waals surface area contributed by atoms with Gasteiger partial charge in [0.1, 0.15) is 28.6 Å². The lowest BCUT2D eigenvalue weighted by Crippen LogP contribution is -2.13. The van der Waals surface area contributed by atoms with E-state index in [-0.39, 0.29) is 11.4 Å². The van der Waals surface area contributed by atoms with Crippen LogP contribution in [0, 0.1) is 5.82 Å². The Labute approximate surface area is 117 Å². The summed E-state index contributed by atoms with van der Waals surface area (Å²) in [6, 6.07) is 9.43. The zero-order chi connectivity index (χ0) is 14.5. The fraction of sp³-hybridized carbons (Fsp3) is 0. The molecule has 0 radical (unpaired) electrons. The number of carbonyl (C=O) groups excluding carboxylic acids is 1. The number of hydrogen-bond donors (Lipinski definition) is 3. The molecule has 2 aromatic carbocycles. The van der Waals surface area contributed by atoms with Crippen molar-refractivity contribution in [3.63, 3.8) is 0 Å². The number of rotatable bonds is 5. The lowest BCUT2D eigenvalue weighted by atomic mass is 10.2. The maximum atomic E-state index is 12.8. The molecule has 0 spiro atoms. The lowest BCUT2D eigenvalue weighted by molar-refractivity contribution is -0.105. The smallest absolute Gasteiger partial charge is 0.211 e. The molecule has 3 N–H and O–H groups in total. The van der Waals surface area contributed by atoms with Gasteiger partial charge in [-0.05, 0) is 42.5 Å². The van der Waals surface area contributed by atoms with Crippen LogP contribution in [0.15, 0.2) is 47.4 Å². The van der Waals surface area contributed by atoms with Gasteiger partial charge in [0.2, 0.25) is 6.41 Å². The van der Waals surface area contributed by atoms with E-state index in [1.807, 2.05) is 0 Å². The number of anilines is 2. The molecule has 0 aliphatic carbocycles. The van der Waals surface area contributed by atoms with Crippen molar-refractivity contribution in [2.75, 3.05) is 10.0 Å². The van der Waals surface area contributed by atoms with Crippen molar-refractivity contribution in [1.82, 2.24) is 0 Å². The Morgan fingerprint density at radius 3 is 2.55 bits per heavy atom. The normalized spacial score (nSPS) is 11.7. The van der Waals surface area contributed by atoms with Crippen LogP contribution in [-0.2, 0) is 16.2 Å². The Bertz CT molecular complexity index is 607. The average molecular weight is 294 g/mol. The Balaban J connectivity index is 2.18. The van der Waals surface area contributed by atoms with Crippen LogP contribution in [0.5, 0.6) is 5.75 Å². The molecule has 0 aliphatic rings. The van der Waals surface area contributed by atoms with Crippen molar-refractivity contribution in [1.29, 1.82) is 0 Å². The first-order valence-electron chi connectivity index (χ1n) is 5.57. The quantitative estimate of drug-likeness (QED) is 0.342. The SMILES string of the molecule is O=CNc1ccc(O)c(N[S+]([O-])c2ccc(F)cc2)c1. The predicted molar refractivity (Wildman–Crippen MR) is 74.2 cm³/mol. The minimum Gasteiger partial charge on any atom is -0.588 e. The van der Waals surface area contributed by atoms with Gasteiger partial charge < -0.3 is 15.0 Å². The summed E-state index contributed by atoms with van der Waals surface area (Å²) in [7, 11) is 0. The molecule has 1 unspecified atom stereocenters. The number of benzene rings is 2. The van der Waals surface area contributed by atoms with E-state index in [9.17, 15) is 18.8 Å². The lowest BCUT2D eigenvalue weighted by Gasteiger charge is -2.13. The Morgan fingerprint density at radius 2 is 1.90 bits per heavy atom. The summed E-state index contributed by atoms with van der Waals surface area (Å²) in [4.78, 5) is 10.7. The molecule has 104 valence electrons. The molecule has 0 heterocycles. The van der Waals surface area contributed by atoms with Crippen LogP contribution in [-0.4, -0.2) is 16.1 Å². The van der Waals surface area contributed by atoms with Gasteiger partial charge in [-0.2, -0.15) is 4.72 Å². The summed E-state index contributed by atoms with van der Waals surface area (Å²) in [5.41, 5.74) is 0.635. The van der Waals surface area contributed by atoms with E-state index in [1.54, 1.807) is 0 Å². The molecule has 5 nitrogen and oxygen atoms in total. The van der Waals surface area contributed by atoms with Gasteiger partial charge in [-0.15, -0.1) is 0 Å². The van der Waals surface area contributed by atoms with Crippen molar-refractivity contribution in [3.05, 3.63) is 48.3 Å². The highest BCUT2D eigenvalue weighted by Gasteiger charge is 2.14. The molecule has 0 saturated heterocycles. The number of halogens is 1. The van der Waals surface area contributed by atoms with Crippen LogP contribution in [0.2, 0.25) is 0 Å². The summed E-state index contributed by atoms with van der Waals surface area (Å²) in [6.45, 7) is 0. The molecule has 0 aromatic heterocycles. The summed E-state index contributed by atoms with van der Waals surface area (Å²) in [5, 5.41) is 12.1. The molecule has 2 aromatic rings. The van der Waals surface area contributed by atoms with Gasteiger partial charge in [0.15, 0.2) is 4.90 Å². The van der Waals surface area contributed by atoms with E-state index in [4.69, 9.17) is 0 Å². The maximum absolute atomic E-state index is 12.8. The third kappa shape index (κ3) is 3.40. The first-order valence-corrected chi connectivity index (χ1v) is 6.72. The molecule has 2 rings (SSSR count). The number of aromatic hydroxyl groups is 1. The highest BCUT2D eigenvalue weighted by molar-refractivity contribution is 7.92. The Hall–Kier alpha value is -2.25. The van der Waals surface area contributed by atoms with E-state index in [1.165, 1.54) is 42.5 Å². The van der Waals surface area contributed by atoms with Crippen molar-refractivity contribution in [2.24, 2.45) is 0 Å². The second-order valence-electron chi connectivity index (χ2n) is 3.82. The van der Waals surface area contributed by atoms with Gasteiger partial charge in [-0.3, -0.25) is 4.79 Å². The summed E-state index contributed by atoms with van der Waals surface area (Å²) >= 11 is -1.66. The average Bonchev–Trinajstić information content (AvgIpc) is 2.43. The number of amides is 1.